The summed E-state index contributed by atoms with van der Waals surface area (Å²) in [4.78, 5) is 33.0. The van der Waals surface area contributed by atoms with Crippen molar-refractivity contribution in [3.05, 3.63) is 56.4 Å². The minimum atomic E-state index is -4.67. The highest BCUT2D eigenvalue weighted by molar-refractivity contribution is 7.13. The van der Waals surface area contributed by atoms with E-state index >= 15 is 0 Å². The monoisotopic (exact) mass is 471 g/mol. The molecule has 0 aromatic carbocycles. The number of pyridine rings is 1. The van der Waals surface area contributed by atoms with Crippen LogP contribution in [0.5, 0.6) is 0 Å². The maximum absolute atomic E-state index is 13.0. The molecule has 0 aliphatic carbocycles. The molecule has 164 valence electrons. The van der Waals surface area contributed by atoms with Gasteiger partial charge in [-0.3, -0.25) is 14.7 Å². The maximum Gasteiger partial charge on any atom is 0.418 e. The molecule has 2 N–H and O–H groups in total. The third kappa shape index (κ3) is 5.28. The standard InChI is InChI=1S/C19H17ClF3N5O2S/c1-3-13-10(6-26-28-13)14(29)4-9(2)18-25-8-15(31-18)17(30)27-16-5-11(19(21,22)23)12(20)7-24-16/h5-9H,3-4H2,1-2H3,(H,26,28)(H,24,27,30)/t9-/m0/s1. The lowest BCUT2D eigenvalue weighted by Crippen LogP contribution is -2.13. The topological polar surface area (TPSA) is 101 Å². The number of nitrogens with one attached hydrogen (secondary N) is 2. The number of hydrogen-bond donors (Lipinski definition) is 2. The zero-order chi connectivity index (χ0) is 22.8. The Morgan fingerprint density at radius 2 is 2.00 bits per heavy atom. The Bertz CT molecular complexity index is 1110. The van der Waals surface area contributed by atoms with Gasteiger partial charge in [0.2, 0.25) is 0 Å². The molecule has 3 aromatic heterocycles. The molecule has 3 rings (SSSR count). The van der Waals surface area contributed by atoms with Crippen LogP contribution in [0.2, 0.25) is 5.02 Å². The van der Waals surface area contributed by atoms with Gasteiger partial charge >= 0.3 is 6.18 Å². The number of anilines is 1. The van der Waals surface area contributed by atoms with Crippen molar-refractivity contribution in [3.8, 4) is 0 Å². The van der Waals surface area contributed by atoms with Crippen LogP contribution in [0, 0.1) is 0 Å². The van der Waals surface area contributed by atoms with Gasteiger partial charge in [-0.15, -0.1) is 11.3 Å². The second-order valence-corrected chi connectivity index (χ2v) is 8.18. The van der Waals surface area contributed by atoms with E-state index in [2.05, 4.69) is 25.5 Å². The minimum Gasteiger partial charge on any atom is -0.306 e. The second kappa shape index (κ2) is 9.15. The molecule has 0 spiro atoms. The third-order valence-electron chi connectivity index (χ3n) is 4.44. The zero-order valence-electron chi connectivity index (χ0n) is 16.4. The highest BCUT2D eigenvalue weighted by Crippen LogP contribution is 2.35. The molecule has 0 radical (unpaired) electrons. The summed E-state index contributed by atoms with van der Waals surface area (Å²) in [6.45, 7) is 3.72. The number of H-pyrrole nitrogens is 1. The smallest absolute Gasteiger partial charge is 0.306 e. The molecule has 1 amide bonds. The van der Waals surface area contributed by atoms with E-state index in [0.717, 1.165) is 23.2 Å². The number of halogens is 4. The number of rotatable bonds is 7. The van der Waals surface area contributed by atoms with Gasteiger partial charge in [0.15, 0.2) is 5.78 Å². The summed E-state index contributed by atoms with van der Waals surface area (Å²) in [5, 5.41) is 8.98. The van der Waals surface area contributed by atoms with E-state index in [0.29, 0.717) is 23.1 Å². The molecule has 0 aliphatic rings. The SMILES string of the molecule is CCc1[nH]ncc1C(=O)C[C@H](C)c1ncc(C(=O)Nc2cc(C(F)(F)F)c(Cl)cn2)s1. The molecule has 7 nitrogen and oxygen atoms in total. The quantitative estimate of drug-likeness (QED) is 0.465. The normalized spacial score (nSPS) is 12.6. The molecular weight excluding hydrogens is 455 g/mol. The first kappa shape index (κ1) is 22.9. The number of hydrogen-bond acceptors (Lipinski definition) is 6. The first-order valence-corrected chi connectivity index (χ1v) is 10.3. The summed E-state index contributed by atoms with van der Waals surface area (Å²) < 4.78 is 38.9. The molecule has 31 heavy (non-hydrogen) atoms. The second-order valence-electron chi connectivity index (χ2n) is 6.71. The number of thiazole rings is 1. The number of amides is 1. The van der Waals surface area contributed by atoms with Crippen molar-refractivity contribution < 1.29 is 22.8 Å². The van der Waals surface area contributed by atoms with Crippen molar-refractivity contribution >= 4 is 40.4 Å². The Hall–Kier alpha value is -2.79. The van der Waals surface area contributed by atoms with Gasteiger partial charge in [-0.05, 0) is 12.5 Å². The number of alkyl halides is 3. The van der Waals surface area contributed by atoms with E-state index in [4.69, 9.17) is 11.6 Å². The zero-order valence-corrected chi connectivity index (χ0v) is 18.0. The Morgan fingerprint density at radius 3 is 2.68 bits per heavy atom. The fourth-order valence-corrected chi connectivity index (χ4v) is 3.90. The first-order chi connectivity index (χ1) is 14.6. The molecule has 1 atom stereocenters. The van der Waals surface area contributed by atoms with Crippen LogP contribution in [0.3, 0.4) is 0 Å². The van der Waals surface area contributed by atoms with E-state index in [9.17, 15) is 22.8 Å². The Labute approximate surface area is 184 Å². The molecule has 0 saturated heterocycles. The average molecular weight is 472 g/mol. The van der Waals surface area contributed by atoms with Crippen molar-refractivity contribution in [1.82, 2.24) is 20.2 Å². The molecule has 0 unspecified atom stereocenters. The number of aryl methyl sites for hydroxylation is 1. The maximum atomic E-state index is 13.0. The van der Waals surface area contributed by atoms with Crippen LogP contribution in [-0.2, 0) is 12.6 Å². The molecule has 0 fully saturated rings. The van der Waals surface area contributed by atoms with E-state index in [1.807, 2.05) is 6.92 Å². The van der Waals surface area contributed by atoms with Gasteiger partial charge in [0, 0.05) is 24.2 Å². The van der Waals surface area contributed by atoms with Gasteiger partial charge in [-0.2, -0.15) is 18.3 Å². The minimum absolute atomic E-state index is 0.0932. The number of ketones is 1. The largest absolute Gasteiger partial charge is 0.418 e. The van der Waals surface area contributed by atoms with Crippen LogP contribution in [0.25, 0.3) is 0 Å². The summed E-state index contributed by atoms with van der Waals surface area (Å²) >= 11 is 6.59. The van der Waals surface area contributed by atoms with Crippen LogP contribution in [0.4, 0.5) is 19.0 Å². The van der Waals surface area contributed by atoms with Gasteiger partial charge in [0.1, 0.15) is 10.7 Å². The van der Waals surface area contributed by atoms with Crippen molar-refractivity contribution in [2.45, 2.75) is 38.8 Å². The molecular formula is C19H17ClF3N5O2S. The lowest BCUT2D eigenvalue weighted by Gasteiger charge is -2.10. The van der Waals surface area contributed by atoms with Crippen molar-refractivity contribution in [1.29, 1.82) is 0 Å². The van der Waals surface area contributed by atoms with E-state index < -0.39 is 22.7 Å². The predicted octanol–water partition coefficient (Wildman–Crippen LogP) is 5.12. The summed E-state index contributed by atoms with van der Waals surface area (Å²) in [5.41, 5.74) is 0.186. The fourth-order valence-electron chi connectivity index (χ4n) is 2.82. The molecule has 3 aromatic rings. The number of Topliss-reactive ketones (excluding diaryl/α,β-unsaturated/α-hetero) is 1. The highest BCUT2D eigenvalue weighted by atomic mass is 35.5. The fraction of sp³-hybridized carbons (Fsp3) is 0.316. The van der Waals surface area contributed by atoms with Crippen LogP contribution in [0.1, 0.15) is 62.5 Å². The van der Waals surface area contributed by atoms with Crippen molar-refractivity contribution in [2.75, 3.05) is 5.32 Å². The Balaban J connectivity index is 1.69. The van der Waals surface area contributed by atoms with E-state index in [-0.39, 0.29) is 28.8 Å². The molecule has 3 heterocycles. The summed E-state index contributed by atoms with van der Waals surface area (Å²) in [7, 11) is 0. The first-order valence-electron chi connectivity index (χ1n) is 9.15. The van der Waals surface area contributed by atoms with Crippen molar-refractivity contribution in [3.63, 3.8) is 0 Å². The summed E-state index contributed by atoms with van der Waals surface area (Å²) in [6.07, 6.45) is -0.228. The number of carbonyl (C=O) groups is 2. The van der Waals surface area contributed by atoms with Crippen molar-refractivity contribution in [2.24, 2.45) is 0 Å². The van der Waals surface area contributed by atoms with Crippen LogP contribution < -0.4 is 5.32 Å². The molecule has 0 aliphatic heterocycles. The number of aromatic nitrogens is 4. The van der Waals surface area contributed by atoms with Gasteiger partial charge in [0.05, 0.1) is 33.6 Å². The predicted molar refractivity (Wildman–Crippen MR) is 110 cm³/mol. The van der Waals surface area contributed by atoms with Crippen LogP contribution in [-0.4, -0.2) is 31.9 Å². The molecule has 0 bridgehead atoms. The number of carbonyl (C=O) groups excluding carboxylic acids is 2. The van der Waals surface area contributed by atoms with Crippen LogP contribution in [0.15, 0.2) is 24.7 Å². The molecule has 0 saturated carbocycles. The van der Waals surface area contributed by atoms with Gasteiger partial charge < -0.3 is 5.32 Å². The Kier molecular flexibility index (Phi) is 6.75. The van der Waals surface area contributed by atoms with Gasteiger partial charge in [-0.25, -0.2) is 9.97 Å². The lowest BCUT2D eigenvalue weighted by molar-refractivity contribution is -0.137. The highest BCUT2D eigenvalue weighted by Gasteiger charge is 2.34. The van der Waals surface area contributed by atoms with Gasteiger partial charge in [0.25, 0.3) is 5.91 Å². The molecule has 12 heteroatoms. The van der Waals surface area contributed by atoms with Crippen LogP contribution >= 0.6 is 22.9 Å². The average Bonchev–Trinajstić information content (AvgIpc) is 3.38. The van der Waals surface area contributed by atoms with Gasteiger partial charge in [-0.1, -0.05) is 25.4 Å². The Morgan fingerprint density at radius 1 is 1.26 bits per heavy atom. The summed E-state index contributed by atoms with van der Waals surface area (Å²) in [6, 6.07) is 0.666. The van der Waals surface area contributed by atoms with E-state index in [1.54, 1.807) is 6.92 Å². The number of nitrogens with zero attached hydrogens (tertiary/aromatic N) is 3. The summed E-state index contributed by atoms with van der Waals surface area (Å²) in [5.74, 6) is -1.30. The lowest BCUT2D eigenvalue weighted by atomic mass is 10.00. The third-order valence-corrected chi connectivity index (χ3v) is 5.96. The number of aromatic amines is 1. The van der Waals surface area contributed by atoms with E-state index in [1.165, 1.54) is 12.4 Å².